The van der Waals surface area contributed by atoms with E-state index in [-0.39, 0.29) is 10.8 Å². The molecule has 1 aliphatic rings. The van der Waals surface area contributed by atoms with E-state index in [0.29, 0.717) is 0 Å². The average Bonchev–Trinajstić information content (AvgIpc) is 2.42. The van der Waals surface area contributed by atoms with Gasteiger partial charge in [-0.3, -0.25) is 0 Å². The molecule has 0 bridgehead atoms. The number of carbonyl (C=O) groups is 3. The Morgan fingerprint density at radius 1 is 1.40 bits per heavy atom. The number of hydrogen-bond acceptors (Lipinski definition) is 4. The zero-order valence-electron chi connectivity index (χ0n) is 8.21. The van der Waals surface area contributed by atoms with Crippen LogP contribution >= 0.6 is 0 Å². The monoisotopic (exact) mass is 217 g/mol. The molecule has 0 spiro atoms. The summed E-state index contributed by atoms with van der Waals surface area (Å²) >= 11 is 0. The maximum Gasteiger partial charge on any atom is 0.420 e. The average molecular weight is 217 g/mol. The van der Waals surface area contributed by atoms with Crippen molar-refractivity contribution in [1.29, 1.82) is 0 Å². The van der Waals surface area contributed by atoms with E-state index in [0.717, 1.165) is 0 Å². The Kier molecular flexibility index (Phi) is 2.83. The van der Waals surface area contributed by atoms with Crippen molar-refractivity contribution in [3.63, 3.8) is 0 Å². The van der Waals surface area contributed by atoms with Gasteiger partial charge in [-0.2, -0.15) is 4.90 Å². The van der Waals surface area contributed by atoms with E-state index in [4.69, 9.17) is 14.9 Å². The zero-order chi connectivity index (χ0) is 11.7. The third-order valence-corrected chi connectivity index (χ3v) is 2.14. The molecule has 1 heterocycles. The van der Waals surface area contributed by atoms with Crippen LogP contribution in [0.25, 0.3) is 0 Å². The van der Waals surface area contributed by atoms with E-state index in [1.165, 1.54) is 0 Å². The molecule has 0 unspecified atom stereocenters. The van der Waals surface area contributed by atoms with Crippen molar-refractivity contribution in [2.75, 3.05) is 0 Å². The van der Waals surface area contributed by atoms with Gasteiger partial charge in [0.2, 0.25) is 0 Å². The van der Waals surface area contributed by atoms with Crippen LogP contribution in [0.3, 0.4) is 0 Å². The molecule has 0 aromatic carbocycles. The van der Waals surface area contributed by atoms with Crippen LogP contribution in [0.5, 0.6) is 0 Å². The molecule has 2 amide bonds. The van der Waals surface area contributed by atoms with Crippen molar-refractivity contribution in [3.8, 4) is 0 Å². The summed E-state index contributed by atoms with van der Waals surface area (Å²) in [5.41, 5.74) is 0. The topological polar surface area (TPSA) is 104 Å². The summed E-state index contributed by atoms with van der Waals surface area (Å²) in [5.74, 6) is -1.65. The van der Waals surface area contributed by atoms with Gasteiger partial charge >= 0.3 is 18.2 Å². The second kappa shape index (κ2) is 3.76. The Morgan fingerprint density at radius 3 is 2.27 bits per heavy atom. The summed E-state index contributed by atoms with van der Waals surface area (Å²) in [4.78, 5) is 32.8. The number of hydrogen-bond donors (Lipinski definition) is 2. The maximum atomic E-state index is 11.1. The first kappa shape index (κ1) is 11.3. The predicted molar refractivity (Wildman–Crippen MR) is 46.4 cm³/mol. The standard InChI is InChI=1S/C8H11NO6/c1-3(2)5-4(6(10)11)9(7(12)13)8(14)15-5/h3-5H,1-2H3,(H,10,11)(H,12,13)/t4-,5-/m0/s1. The van der Waals surface area contributed by atoms with Crippen molar-refractivity contribution in [2.24, 2.45) is 5.92 Å². The molecule has 7 nitrogen and oxygen atoms in total. The number of rotatable bonds is 2. The van der Waals surface area contributed by atoms with Gasteiger partial charge in [-0.1, -0.05) is 13.8 Å². The number of carboxylic acids is 1. The molecule has 0 aliphatic carbocycles. The minimum atomic E-state index is -1.62. The molecular formula is C8H11NO6. The van der Waals surface area contributed by atoms with Gasteiger partial charge in [-0.05, 0) is 5.92 Å². The Hall–Kier alpha value is -1.79. The number of ether oxygens (including phenoxy) is 1. The van der Waals surface area contributed by atoms with E-state index >= 15 is 0 Å². The highest BCUT2D eigenvalue weighted by Crippen LogP contribution is 2.25. The molecule has 1 rings (SSSR count). The highest BCUT2D eigenvalue weighted by Gasteiger charge is 2.51. The number of carboxylic acid groups (broad SMARTS) is 2. The fourth-order valence-corrected chi connectivity index (χ4v) is 1.45. The molecule has 84 valence electrons. The smallest absolute Gasteiger partial charge is 0.420 e. The summed E-state index contributed by atoms with van der Waals surface area (Å²) in [6, 6.07) is -1.46. The first-order chi connectivity index (χ1) is 6.86. The van der Waals surface area contributed by atoms with Crippen molar-refractivity contribution in [2.45, 2.75) is 26.0 Å². The Bertz CT molecular complexity index is 312. The highest BCUT2D eigenvalue weighted by atomic mass is 16.6. The highest BCUT2D eigenvalue weighted by molar-refractivity contribution is 5.95. The molecule has 1 aliphatic heterocycles. The number of carbonyl (C=O) groups excluding carboxylic acids is 1. The SMILES string of the molecule is CC(C)[C@@H]1OC(=O)N(C(=O)O)[C@@H]1C(=O)O. The Balaban J connectivity index is 3.03. The van der Waals surface area contributed by atoms with E-state index in [1.807, 2.05) is 0 Å². The second-order valence-corrected chi connectivity index (χ2v) is 3.53. The third kappa shape index (κ3) is 1.85. The van der Waals surface area contributed by atoms with Crippen LogP contribution in [0.4, 0.5) is 9.59 Å². The Labute approximate surface area is 85.2 Å². The van der Waals surface area contributed by atoms with Crippen LogP contribution in [0, 0.1) is 5.92 Å². The van der Waals surface area contributed by atoms with Crippen LogP contribution in [-0.2, 0) is 9.53 Å². The first-order valence-corrected chi connectivity index (χ1v) is 4.31. The number of amides is 2. The largest absolute Gasteiger partial charge is 0.480 e. The van der Waals surface area contributed by atoms with Gasteiger partial charge in [-0.25, -0.2) is 14.4 Å². The number of imide groups is 1. The molecule has 0 radical (unpaired) electrons. The number of aliphatic carboxylic acids is 1. The fourth-order valence-electron chi connectivity index (χ4n) is 1.45. The lowest BCUT2D eigenvalue weighted by molar-refractivity contribution is -0.143. The minimum absolute atomic E-state index is 0.201. The Morgan fingerprint density at radius 2 is 1.93 bits per heavy atom. The molecule has 1 fully saturated rings. The van der Waals surface area contributed by atoms with Gasteiger partial charge < -0.3 is 14.9 Å². The lowest BCUT2D eigenvalue weighted by Crippen LogP contribution is -2.46. The molecule has 1 saturated heterocycles. The van der Waals surface area contributed by atoms with Gasteiger partial charge in [0.1, 0.15) is 6.10 Å². The van der Waals surface area contributed by atoms with Crippen molar-refractivity contribution < 1.29 is 29.3 Å². The molecular weight excluding hydrogens is 206 g/mol. The van der Waals surface area contributed by atoms with E-state index in [9.17, 15) is 14.4 Å². The van der Waals surface area contributed by atoms with E-state index < -0.39 is 30.3 Å². The lowest BCUT2D eigenvalue weighted by atomic mass is 10.00. The van der Waals surface area contributed by atoms with Crippen molar-refractivity contribution in [1.82, 2.24) is 4.90 Å². The van der Waals surface area contributed by atoms with Crippen LogP contribution < -0.4 is 0 Å². The van der Waals surface area contributed by atoms with Gasteiger partial charge in [0, 0.05) is 0 Å². The quantitative estimate of drug-likeness (QED) is 0.701. The lowest BCUT2D eigenvalue weighted by Gasteiger charge is -2.19. The molecule has 15 heavy (non-hydrogen) atoms. The van der Waals surface area contributed by atoms with Crippen molar-refractivity contribution >= 4 is 18.2 Å². The van der Waals surface area contributed by atoms with Crippen LogP contribution in [0.2, 0.25) is 0 Å². The normalized spacial score (nSPS) is 25.5. The number of nitrogens with zero attached hydrogens (tertiary/aromatic N) is 1. The molecule has 0 aromatic rings. The summed E-state index contributed by atoms with van der Waals surface area (Å²) in [6.07, 6.45) is -3.68. The summed E-state index contributed by atoms with van der Waals surface area (Å²) in [5, 5.41) is 17.5. The first-order valence-electron chi connectivity index (χ1n) is 4.31. The van der Waals surface area contributed by atoms with Gasteiger partial charge in [0.05, 0.1) is 0 Å². The number of cyclic esters (lactones) is 1. The van der Waals surface area contributed by atoms with Crippen LogP contribution in [-0.4, -0.2) is 45.4 Å². The zero-order valence-corrected chi connectivity index (χ0v) is 8.21. The molecule has 0 aromatic heterocycles. The van der Waals surface area contributed by atoms with E-state index in [2.05, 4.69) is 0 Å². The predicted octanol–water partition coefficient (Wildman–Crippen LogP) is 0.594. The van der Waals surface area contributed by atoms with E-state index in [1.54, 1.807) is 13.8 Å². The van der Waals surface area contributed by atoms with Crippen molar-refractivity contribution in [3.05, 3.63) is 0 Å². The summed E-state index contributed by atoms with van der Waals surface area (Å²) in [6.45, 7) is 3.30. The molecule has 7 heteroatoms. The minimum Gasteiger partial charge on any atom is -0.480 e. The summed E-state index contributed by atoms with van der Waals surface area (Å²) < 4.78 is 4.70. The van der Waals surface area contributed by atoms with Gasteiger partial charge in [0.25, 0.3) is 0 Å². The fraction of sp³-hybridized carbons (Fsp3) is 0.625. The summed E-state index contributed by atoms with van der Waals surface area (Å²) in [7, 11) is 0. The van der Waals surface area contributed by atoms with Crippen LogP contribution in [0.15, 0.2) is 0 Å². The third-order valence-electron chi connectivity index (χ3n) is 2.14. The molecule has 0 saturated carbocycles. The van der Waals surface area contributed by atoms with Crippen LogP contribution in [0.1, 0.15) is 13.8 Å². The van der Waals surface area contributed by atoms with Gasteiger partial charge in [0.15, 0.2) is 6.04 Å². The second-order valence-electron chi connectivity index (χ2n) is 3.53. The maximum absolute atomic E-state index is 11.1. The van der Waals surface area contributed by atoms with Gasteiger partial charge in [-0.15, -0.1) is 0 Å². The molecule has 2 N–H and O–H groups in total. The molecule has 2 atom stereocenters.